The Hall–Kier alpha value is -5.27. The van der Waals surface area contributed by atoms with Crippen molar-refractivity contribution in [1.29, 1.82) is 0 Å². The predicted molar refractivity (Wildman–Crippen MR) is 198 cm³/mol. The summed E-state index contributed by atoms with van der Waals surface area (Å²) in [4.78, 5) is 32.3. The molecule has 4 aromatic heterocycles. The van der Waals surface area contributed by atoms with Gasteiger partial charge in [-0.25, -0.2) is 25.8 Å². The van der Waals surface area contributed by atoms with E-state index in [0.717, 1.165) is 79.1 Å². The molecule has 7 rings (SSSR count). The van der Waals surface area contributed by atoms with Crippen LogP contribution in [0.2, 0.25) is 0 Å². The van der Waals surface area contributed by atoms with Crippen molar-refractivity contribution in [3.05, 3.63) is 97.4 Å². The van der Waals surface area contributed by atoms with Gasteiger partial charge in [-0.1, -0.05) is 12.1 Å². The Labute approximate surface area is 303 Å². The first kappa shape index (κ1) is 35.1. The number of hydrogen-bond donors (Lipinski definition) is 1. The van der Waals surface area contributed by atoms with Gasteiger partial charge in [0.25, 0.3) is 0 Å². The van der Waals surface area contributed by atoms with Gasteiger partial charge in [-0.15, -0.1) is 0 Å². The normalized spacial score (nSPS) is 18.3. The van der Waals surface area contributed by atoms with E-state index < -0.39 is 5.82 Å². The molecular weight excluding hydrogens is 659 g/mol. The minimum Gasteiger partial charge on any atom is -0.491 e. The van der Waals surface area contributed by atoms with Crippen molar-refractivity contribution < 1.29 is 13.9 Å². The minimum absolute atomic E-state index is 0.0337. The second-order valence-electron chi connectivity index (χ2n) is 13.3. The van der Waals surface area contributed by atoms with Gasteiger partial charge in [0.05, 0.1) is 19.3 Å². The van der Waals surface area contributed by atoms with Gasteiger partial charge in [-0.3, -0.25) is 19.9 Å². The zero-order chi connectivity index (χ0) is 35.9. The van der Waals surface area contributed by atoms with Crippen molar-refractivity contribution in [2.24, 2.45) is 11.8 Å². The Morgan fingerprint density at radius 2 is 1.35 bits per heavy atom. The zero-order valence-electron chi connectivity index (χ0n) is 29.7. The van der Waals surface area contributed by atoms with Gasteiger partial charge in [-0.05, 0) is 88.4 Å². The van der Waals surface area contributed by atoms with Crippen LogP contribution < -0.4 is 25.2 Å². The summed E-state index contributed by atoms with van der Waals surface area (Å²) in [7, 11) is 0. The predicted octanol–water partition coefficient (Wildman–Crippen LogP) is 5.96. The number of piperidine rings is 2. The van der Waals surface area contributed by atoms with Crippen LogP contribution in [0, 0.1) is 11.7 Å². The van der Waals surface area contributed by atoms with Crippen LogP contribution in [0.3, 0.4) is 0 Å². The summed E-state index contributed by atoms with van der Waals surface area (Å²) in [6.45, 7) is 7.71. The standard InChI is InChI=1S/C39H45FN10O2/c1-3-51-35-17-27(18-36(37(35)40)52-4-2)26-48-14-9-28(10-15-48)34-19-33(50(41)39-46-24-32(25-47-39)30-8-6-13-43-21-30)11-16-49(34)38-44-22-31(23-45-38)29-7-5-12-42-20-29/h5-8,12-13,17-18,20-25,28,33-34H,3-4,9-11,14-16,19,26,41H2,1-2H3. The number of rotatable bonds is 12. The Morgan fingerprint density at radius 3 is 1.88 bits per heavy atom. The van der Waals surface area contributed by atoms with Crippen LogP contribution in [-0.4, -0.2) is 79.7 Å². The summed E-state index contributed by atoms with van der Waals surface area (Å²) in [6.07, 6.45) is 18.1. The molecule has 1 aromatic carbocycles. The second-order valence-corrected chi connectivity index (χ2v) is 13.3. The van der Waals surface area contributed by atoms with Crippen LogP contribution in [0.25, 0.3) is 22.3 Å². The summed E-state index contributed by atoms with van der Waals surface area (Å²) in [6, 6.07) is 11.6. The summed E-state index contributed by atoms with van der Waals surface area (Å²) >= 11 is 0. The number of benzene rings is 1. The first-order valence-electron chi connectivity index (χ1n) is 18.1. The van der Waals surface area contributed by atoms with E-state index in [1.165, 1.54) is 0 Å². The number of halogens is 1. The van der Waals surface area contributed by atoms with Crippen molar-refractivity contribution in [3.8, 4) is 33.8 Å². The maximum absolute atomic E-state index is 14.9. The van der Waals surface area contributed by atoms with E-state index in [1.807, 2.05) is 56.7 Å². The van der Waals surface area contributed by atoms with E-state index in [4.69, 9.17) is 25.3 Å². The average Bonchev–Trinajstić information content (AvgIpc) is 3.20. The number of aromatic nitrogens is 6. The number of pyridine rings is 2. The molecule has 0 saturated carbocycles. The number of nitrogens with zero attached hydrogens (tertiary/aromatic N) is 9. The highest BCUT2D eigenvalue weighted by Crippen LogP contribution is 2.36. The summed E-state index contributed by atoms with van der Waals surface area (Å²) in [5, 5.41) is 1.74. The molecule has 0 amide bonds. The number of hydrazine groups is 1. The Balaban J connectivity index is 1.08. The highest BCUT2D eigenvalue weighted by molar-refractivity contribution is 5.61. The number of nitrogens with two attached hydrogens (primary N) is 1. The topological polar surface area (TPSA) is 132 Å². The molecule has 5 aromatic rings. The smallest absolute Gasteiger partial charge is 0.240 e. The molecule has 13 heteroatoms. The third kappa shape index (κ3) is 7.95. The highest BCUT2D eigenvalue weighted by Gasteiger charge is 2.39. The zero-order valence-corrected chi connectivity index (χ0v) is 29.7. The monoisotopic (exact) mass is 704 g/mol. The fourth-order valence-corrected chi connectivity index (χ4v) is 7.37. The molecule has 2 fully saturated rings. The lowest BCUT2D eigenvalue weighted by atomic mass is 9.82. The van der Waals surface area contributed by atoms with E-state index in [9.17, 15) is 4.39 Å². The second kappa shape index (κ2) is 16.4. The van der Waals surface area contributed by atoms with Crippen LogP contribution in [0.4, 0.5) is 16.3 Å². The van der Waals surface area contributed by atoms with Crippen LogP contribution in [0.15, 0.2) is 86.0 Å². The lowest BCUT2D eigenvalue weighted by Crippen LogP contribution is -2.56. The molecule has 2 N–H and O–H groups in total. The van der Waals surface area contributed by atoms with E-state index >= 15 is 0 Å². The molecule has 0 spiro atoms. The number of hydrogen-bond acceptors (Lipinski definition) is 12. The number of likely N-dealkylation sites (tertiary alicyclic amines) is 1. The van der Waals surface area contributed by atoms with Gasteiger partial charge < -0.3 is 14.4 Å². The Kier molecular flexibility index (Phi) is 11.1. The third-order valence-corrected chi connectivity index (χ3v) is 10.0. The lowest BCUT2D eigenvalue weighted by molar-refractivity contribution is 0.147. The summed E-state index contributed by atoms with van der Waals surface area (Å²) < 4.78 is 26.1. The lowest BCUT2D eigenvalue weighted by Gasteiger charge is -2.47. The van der Waals surface area contributed by atoms with Crippen molar-refractivity contribution in [3.63, 3.8) is 0 Å². The minimum atomic E-state index is -0.447. The average molecular weight is 705 g/mol. The van der Waals surface area contributed by atoms with Gasteiger partial charge in [0.15, 0.2) is 11.5 Å². The molecule has 0 bridgehead atoms. The molecule has 2 unspecified atom stereocenters. The van der Waals surface area contributed by atoms with Gasteiger partial charge in [0.1, 0.15) is 0 Å². The SMILES string of the molecule is CCOc1cc(CN2CCC(C3CC(N(N)c4ncc(-c5cccnc5)cn4)CCN3c3ncc(-c4cccnc4)cn3)CC2)cc(OCC)c1F. The number of ether oxygens (including phenoxy) is 2. The highest BCUT2D eigenvalue weighted by atomic mass is 19.1. The van der Waals surface area contributed by atoms with Crippen molar-refractivity contribution in [1.82, 2.24) is 34.8 Å². The Bertz CT molecular complexity index is 1850. The first-order valence-corrected chi connectivity index (χ1v) is 18.1. The van der Waals surface area contributed by atoms with Gasteiger partial charge in [0, 0.05) is 91.0 Å². The molecule has 12 nitrogen and oxygen atoms in total. The van der Waals surface area contributed by atoms with E-state index in [2.05, 4.69) is 29.7 Å². The Morgan fingerprint density at radius 1 is 0.769 bits per heavy atom. The van der Waals surface area contributed by atoms with Crippen LogP contribution in [-0.2, 0) is 6.54 Å². The van der Waals surface area contributed by atoms with Crippen LogP contribution in [0.5, 0.6) is 11.5 Å². The van der Waals surface area contributed by atoms with Crippen LogP contribution >= 0.6 is 0 Å². The molecule has 0 aliphatic carbocycles. The quantitative estimate of drug-likeness (QED) is 0.122. The van der Waals surface area contributed by atoms with E-state index in [1.54, 1.807) is 48.1 Å². The van der Waals surface area contributed by atoms with Gasteiger partial charge in [-0.2, -0.15) is 4.39 Å². The third-order valence-electron chi connectivity index (χ3n) is 10.0. The van der Waals surface area contributed by atoms with E-state index in [-0.39, 0.29) is 23.6 Å². The maximum Gasteiger partial charge on any atom is 0.240 e. The molecule has 6 heterocycles. The summed E-state index contributed by atoms with van der Waals surface area (Å²) in [5.74, 6) is 8.41. The molecule has 0 radical (unpaired) electrons. The van der Waals surface area contributed by atoms with Crippen molar-refractivity contribution in [2.45, 2.75) is 58.2 Å². The fourth-order valence-electron chi connectivity index (χ4n) is 7.37. The largest absolute Gasteiger partial charge is 0.491 e. The first-order chi connectivity index (χ1) is 25.5. The molecule has 270 valence electrons. The molecule has 2 atom stereocenters. The molecule has 2 aliphatic heterocycles. The molecule has 2 saturated heterocycles. The molecular formula is C39H45FN10O2. The van der Waals surface area contributed by atoms with Crippen molar-refractivity contribution in [2.75, 3.05) is 42.8 Å². The van der Waals surface area contributed by atoms with E-state index in [0.29, 0.717) is 31.6 Å². The van der Waals surface area contributed by atoms with Gasteiger partial charge >= 0.3 is 0 Å². The molecule has 52 heavy (non-hydrogen) atoms. The molecule has 2 aliphatic rings. The van der Waals surface area contributed by atoms with Gasteiger partial charge in [0.2, 0.25) is 17.7 Å². The van der Waals surface area contributed by atoms with Crippen molar-refractivity contribution >= 4 is 11.9 Å². The fraction of sp³-hybridized carbons (Fsp3) is 0.385. The summed E-state index contributed by atoms with van der Waals surface area (Å²) in [5.41, 5.74) is 4.73. The maximum atomic E-state index is 14.9. The number of anilines is 2. The van der Waals surface area contributed by atoms with Crippen LogP contribution in [0.1, 0.15) is 45.1 Å².